The normalized spacial score (nSPS) is 12.6. The van der Waals surface area contributed by atoms with Crippen molar-refractivity contribution in [2.45, 2.75) is 37.3 Å². The molecule has 0 bridgehead atoms. The van der Waals surface area contributed by atoms with Gasteiger partial charge in [-0.2, -0.15) is 4.98 Å². The summed E-state index contributed by atoms with van der Waals surface area (Å²) in [6, 6.07) is 8.05. The molecule has 0 spiro atoms. The number of rotatable bonds is 6. The van der Waals surface area contributed by atoms with E-state index in [-0.39, 0.29) is 17.6 Å². The van der Waals surface area contributed by atoms with Crippen LogP contribution in [-0.4, -0.2) is 15.9 Å². The Hall–Kier alpha value is -1.14. The van der Waals surface area contributed by atoms with Gasteiger partial charge in [0.05, 0.1) is 11.7 Å². The minimum atomic E-state index is -0.316. The third kappa shape index (κ3) is 4.41. The van der Waals surface area contributed by atoms with E-state index >= 15 is 0 Å². The number of halogens is 1. The van der Waals surface area contributed by atoms with Gasteiger partial charge in [-0.3, -0.25) is 4.79 Å². The average Bonchev–Trinajstić information content (AvgIpc) is 2.85. The zero-order chi connectivity index (χ0) is 15.4. The predicted octanol–water partition coefficient (Wildman–Crippen LogP) is 4.45. The van der Waals surface area contributed by atoms with Gasteiger partial charge in [-0.1, -0.05) is 34.9 Å². The molecular weight excluding hydrogens is 352 g/mol. The molecule has 2 aromatic rings. The van der Waals surface area contributed by atoms with Gasteiger partial charge in [0.2, 0.25) is 5.89 Å². The van der Waals surface area contributed by atoms with E-state index in [0.29, 0.717) is 17.5 Å². The molecule has 0 N–H and O–H groups in total. The summed E-state index contributed by atoms with van der Waals surface area (Å²) < 4.78 is 6.31. The molecule has 1 unspecified atom stereocenters. The molecule has 0 aliphatic rings. The Kier molecular flexibility index (Phi) is 5.58. The summed E-state index contributed by atoms with van der Waals surface area (Å²) in [5, 5.41) is 3.97. The smallest absolute Gasteiger partial charge is 0.237 e. The molecule has 0 aliphatic heterocycles. The van der Waals surface area contributed by atoms with E-state index in [2.05, 4.69) is 26.1 Å². The van der Waals surface area contributed by atoms with Crippen LogP contribution in [0.5, 0.6) is 0 Å². The molecule has 0 aliphatic carbocycles. The van der Waals surface area contributed by atoms with Crippen molar-refractivity contribution in [2.24, 2.45) is 5.92 Å². The van der Waals surface area contributed by atoms with Crippen LogP contribution < -0.4 is 0 Å². The van der Waals surface area contributed by atoms with Gasteiger partial charge in [0.15, 0.2) is 5.82 Å². The first-order valence-electron chi connectivity index (χ1n) is 6.68. The molecule has 0 fully saturated rings. The maximum atomic E-state index is 11.7. The van der Waals surface area contributed by atoms with Crippen molar-refractivity contribution in [1.82, 2.24) is 10.1 Å². The molecule has 0 radical (unpaired) electrons. The quantitative estimate of drug-likeness (QED) is 0.704. The Bertz CT molecular complexity index is 610. The maximum Gasteiger partial charge on any atom is 0.237 e. The monoisotopic (exact) mass is 368 g/mol. The van der Waals surface area contributed by atoms with Crippen LogP contribution in [0.15, 0.2) is 38.2 Å². The lowest BCUT2D eigenvalue weighted by Crippen LogP contribution is -2.15. The Morgan fingerprint density at radius 1 is 1.33 bits per heavy atom. The van der Waals surface area contributed by atoms with Crippen LogP contribution in [0.3, 0.4) is 0 Å². The van der Waals surface area contributed by atoms with E-state index in [4.69, 9.17) is 4.52 Å². The lowest BCUT2D eigenvalue weighted by atomic mass is 9.92. The number of hydrogen-bond acceptors (Lipinski definition) is 5. The van der Waals surface area contributed by atoms with Crippen molar-refractivity contribution in [2.75, 3.05) is 0 Å². The minimum absolute atomic E-state index is 0.0563. The highest BCUT2D eigenvalue weighted by Gasteiger charge is 2.26. The lowest BCUT2D eigenvalue weighted by molar-refractivity contribution is -0.119. The fourth-order valence-corrected chi connectivity index (χ4v) is 3.07. The summed E-state index contributed by atoms with van der Waals surface area (Å²) in [5.74, 6) is 1.54. The standard InChI is InChI=1S/C15H17BrN2O2S/c1-9(2)14(10(3)19)15-17-13(18-20-15)8-21-12-6-4-11(16)5-7-12/h4-7,9,14H,8H2,1-3H3. The molecule has 1 atom stereocenters. The number of carbonyl (C=O) groups is 1. The summed E-state index contributed by atoms with van der Waals surface area (Å²) in [4.78, 5) is 17.2. The Balaban J connectivity index is 2.02. The van der Waals surface area contributed by atoms with E-state index < -0.39 is 0 Å². The van der Waals surface area contributed by atoms with Crippen LogP contribution in [0.1, 0.15) is 38.4 Å². The molecule has 0 saturated carbocycles. The molecule has 0 saturated heterocycles. The molecular formula is C15H17BrN2O2S. The van der Waals surface area contributed by atoms with E-state index in [1.807, 2.05) is 38.1 Å². The zero-order valence-corrected chi connectivity index (χ0v) is 14.6. The Morgan fingerprint density at radius 2 is 2.00 bits per heavy atom. The van der Waals surface area contributed by atoms with Crippen LogP contribution in [0.4, 0.5) is 0 Å². The number of ketones is 1. The summed E-state index contributed by atoms with van der Waals surface area (Å²) in [6.07, 6.45) is 0. The van der Waals surface area contributed by atoms with Crippen LogP contribution >= 0.6 is 27.7 Å². The first kappa shape index (κ1) is 16.2. The molecule has 1 aromatic heterocycles. The van der Waals surface area contributed by atoms with Gasteiger partial charge >= 0.3 is 0 Å². The molecule has 1 heterocycles. The molecule has 1 aromatic carbocycles. The second-order valence-electron chi connectivity index (χ2n) is 5.12. The largest absolute Gasteiger partial charge is 0.339 e. The second-order valence-corrected chi connectivity index (χ2v) is 7.09. The van der Waals surface area contributed by atoms with Crippen LogP contribution in [0.2, 0.25) is 0 Å². The van der Waals surface area contributed by atoms with Crippen molar-refractivity contribution in [3.05, 3.63) is 40.5 Å². The fraction of sp³-hybridized carbons (Fsp3) is 0.400. The fourth-order valence-electron chi connectivity index (χ4n) is 2.06. The highest BCUT2D eigenvalue weighted by atomic mass is 79.9. The number of carbonyl (C=O) groups excluding carboxylic acids is 1. The zero-order valence-electron chi connectivity index (χ0n) is 12.2. The van der Waals surface area contributed by atoms with Gasteiger partial charge in [-0.25, -0.2) is 0 Å². The predicted molar refractivity (Wildman–Crippen MR) is 86.3 cm³/mol. The molecule has 112 valence electrons. The Labute approximate surface area is 136 Å². The van der Waals surface area contributed by atoms with Crippen LogP contribution in [0.25, 0.3) is 0 Å². The number of benzene rings is 1. The lowest BCUT2D eigenvalue weighted by Gasteiger charge is -2.12. The van der Waals surface area contributed by atoms with Gasteiger partial charge in [0.25, 0.3) is 0 Å². The van der Waals surface area contributed by atoms with Crippen molar-refractivity contribution >= 4 is 33.5 Å². The molecule has 2 rings (SSSR count). The number of nitrogens with zero attached hydrogens (tertiary/aromatic N) is 2. The molecule has 4 nitrogen and oxygen atoms in total. The first-order chi connectivity index (χ1) is 9.97. The van der Waals surface area contributed by atoms with Crippen LogP contribution in [0, 0.1) is 5.92 Å². The third-order valence-corrected chi connectivity index (χ3v) is 4.57. The second kappa shape index (κ2) is 7.22. The highest BCUT2D eigenvalue weighted by molar-refractivity contribution is 9.10. The van der Waals surface area contributed by atoms with E-state index in [9.17, 15) is 4.79 Å². The van der Waals surface area contributed by atoms with Gasteiger partial charge < -0.3 is 4.52 Å². The van der Waals surface area contributed by atoms with Crippen LogP contribution in [-0.2, 0) is 10.5 Å². The summed E-state index contributed by atoms with van der Waals surface area (Å²) in [6.45, 7) is 5.52. The van der Waals surface area contributed by atoms with Crippen molar-refractivity contribution in [1.29, 1.82) is 0 Å². The highest BCUT2D eigenvalue weighted by Crippen LogP contribution is 2.26. The van der Waals surface area contributed by atoms with Gasteiger partial charge in [-0.05, 0) is 37.1 Å². The molecule has 21 heavy (non-hydrogen) atoms. The average molecular weight is 369 g/mol. The van der Waals surface area contributed by atoms with E-state index in [1.54, 1.807) is 18.7 Å². The van der Waals surface area contributed by atoms with E-state index in [1.165, 1.54) is 0 Å². The number of aromatic nitrogens is 2. The number of Topliss-reactive ketones (excluding diaryl/α,β-unsaturated/α-hetero) is 1. The van der Waals surface area contributed by atoms with Crippen molar-refractivity contribution in [3.63, 3.8) is 0 Å². The topological polar surface area (TPSA) is 56.0 Å². The van der Waals surface area contributed by atoms with E-state index in [0.717, 1.165) is 9.37 Å². The summed E-state index contributed by atoms with van der Waals surface area (Å²) >= 11 is 5.04. The Morgan fingerprint density at radius 3 is 2.57 bits per heavy atom. The van der Waals surface area contributed by atoms with Crippen molar-refractivity contribution in [3.8, 4) is 0 Å². The SMILES string of the molecule is CC(=O)C(c1nc(CSc2ccc(Br)cc2)no1)C(C)C. The minimum Gasteiger partial charge on any atom is -0.339 e. The van der Waals surface area contributed by atoms with Gasteiger partial charge in [0, 0.05) is 9.37 Å². The molecule has 0 amide bonds. The van der Waals surface area contributed by atoms with Gasteiger partial charge in [-0.15, -0.1) is 11.8 Å². The number of hydrogen-bond donors (Lipinski definition) is 0. The first-order valence-corrected chi connectivity index (χ1v) is 8.46. The van der Waals surface area contributed by atoms with Crippen molar-refractivity contribution < 1.29 is 9.32 Å². The summed E-state index contributed by atoms with van der Waals surface area (Å²) in [7, 11) is 0. The third-order valence-electron chi connectivity index (χ3n) is 3.04. The maximum absolute atomic E-state index is 11.7. The molecule has 6 heteroatoms. The van der Waals surface area contributed by atoms with Gasteiger partial charge in [0.1, 0.15) is 5.78 Å². The number of thioether (sulfide) groups is 1. The summed E-state index contributed by atoms with van der Waals surface area (Å²) in [5.41, 5.74) is 0.